The van der Waals surface area contributed by atoms with Gasteiger partial charge in [0.1, 0.15) is 17.8 Å². The average molecular weight is 384 g/mol. The molecule has 0 aliphatic carbocycles. The van der Waals surface area contributed by atoms with Crippen LogP contribution in [-0.2, 0) is 4.79 Å². The summed E-state index contributed by atoms with van der Waals surface area (Å²) in [6.45, 7) is 3.95. The van der Waals surface area contributed by atoms with Crippen LogP contribution in [0.15, 0.2) is 35.0 Å². The first-order valence-corrected chi connectivity index (χ1v) is 8.97. The molecule has 1 aromatic carbocycles. The number of aliphatic imine (C=N–C) groups is 1. The van der Waals surface area contributed by atoms with E-state index in [1.807, 2.05) is 0 Å². The Hall–Kier alpha value is -2.02. The first kappa shape index (κ1) is 21.3. The number of carbonyl (C=O) groups excluding carboxylic acids is 1. The molecule has 1 heterocycles. The van der Waals surface area contributed by atoms with Gasteiger partial charge in [-0.25, -0.2) is 4.39 Å². The van der Waals surface area contributed by atoms with E-state index in [2.05, 4.69) is 10.3 Å². The summed E-state index contributed by atoms with van der Waals surface area (Å²) in [4.78, 5) is 14.4. The summed E-state index contributed by atoms with van der Waals surface area (Å²) in [5, 5.41) is 3.31. The number of nitrogens with zero attached hydrogens (tertiary/aromatic N) is 1. The number of carbonyl (C=O) groups is 1. The molecule has 1 aliphatic rings. The summed E-state index contributed by atoms with van der Waals surface area (Å²) in [6.07, 6.45) is 0.502. The third kappa shape index (κ3) is 6.27. The van der Waals surface area contributed by atoms with Gasteiger partial charge in [0.15, 0.2) is 0 Å². The Morgan fingerprint density at radius 1 is 1.37 bits per heavy atom. The van der Waals surface area contributed by atoms with Crippen molar-refractivity contribution in [1.82, 2.24) is 5.32 Å². The molecule has 3 nitrogen and oxygen atoms in total. The summed E-state index contributed by atoms with van der Waals surface area (Å²) in [7, 11) is 0. The molecule has 27 heavy (non-hydrogen) atoms. The van der Waals surface area contributed by atoms with Crippen LogP contribution in [0.2, 0.25) is 0 Å². The first-order valence-electron chi connectivity index (χ1n) is 8.97. The minimum Gasteiger partial charge on any atom is -0.309 e. The molecule has 0 bridgehead atoms. The van der Waals surface area contributed by atoms with Gasteiger partial charge < -0.3 is 10.1 Å². The molecule has 0 radical (unpaired) electrons. The number of benzene rings is 1. The molecule has 0 amide bonds. The highest BCUT2D eigenvalue weighted by molar-refractivity contribution is 5.64. The van der Waals surface area contributed by atoms with Crippen molar-refractivity contribution in [1.29, 1.82) is 0 Å². The van der Waals surface area contributed by atoms with Crippen molar-refractivity contribution < 1.29 is 22.4 Å². The van der Waals surface area contributed by atoms with Crippen LogP contribution in [0.1, 0.15) is 43.4 Å². The van der Waals surface area contributed by atoms with Crippen LogP contribution < -0.4 is 5.32 Å². The third-order valence-electron chi connectivity index (χ3n) is 4.66. The molecular weight excluding hydrogens is 360 g/mol. The van der Waals surface area contributed by atoms with Gasteiger partial charge in [-0.2, -0.15) is 13.2 Å². The van der Waals surface area contributed by atoms with E-state index in [0.29, 0.717) is 24.9 Å². The topological polar surface area (TPSA) is 41.5 Å². The lowest BCUT2D eigenvalue weighted by molar-refractivity contribution is -0.110. The van der Waals surface area contributed by atoms with Gasteiger partial charge in [-0.1, -0.05) is 25.1 Å². The van der Waals surface area contributed by atoms with Gasteiger partial charge in [-0.3, -0.25) is 4.99 Å². The normalized spacial score (nSPS) is 19.5. The number of aryl methyl sites for hydroxylation is 1. The van der Waals surface area contributed by atoms with Crippen molar-refractivity contribution in [3.8, 4) is 0 Å². The molecule has 0 aromatic heterocycles. The quantitative estimate of drug-likeness (QED) is 0.511. The van der Waals surface area contributed by atoms with Crippen molar-refractivity contribution >= 4 is 12.5 Å². The highest BCUT2D eigenvalue weighted by atomic mass is 19.4. The van der Waals surface area contributed by atoms with Crippen LogP contribution in [0.25, 0.3) is 0 Å². The number of alkyl halides is 3. The molecule has 1 aliphatic heterocycles. The van der Waals surface area contributed by atoms with Gasteiger partial charge in [0, 0.05) is 24.7 Å². The van der Waals surface area contributed by atoms with Crippen LogP contribution in [-0.4, -0.2) is 25.2 Å². The van der Waals surface area contributed by atoms with Crippen molar-refractivity contribution in [2.45, 2.75) is 45.3 Å². The Morgan fingerprint density at radius 2 is 2.11 bits per heavy atom. The predicted molar refractivity (Wildman–Crippen MR) is 97.1 cm³/mol. The summed E-state index contributed by atoms with van der Waals surface area (Å²) < 4.78 is 51.5. The molecule has 148 valence electrons. The number of halogens is 4. The Bertz CT molecular complexity index is 712. The summed E-state index contributed by atoms with van der Waals surface area (Å²) in [5.74, 6) is -0.531. The lowest BCUT2D eigenvalue weighted by Gasteiger charge is -2.23. The molecular formula is C20H24F4N2O. The number of aldehydes is 1. The molecule has 7 heteroatoms. The Labute approximate surface area is 156 Å². The number of nitrogens with one attached hydrogen (secondary N) is 1. The van der Waals surface area contributed by atoms with Gasteiger partial charge >= 0.3 is 6.18 Å². The van der Waals surface area contributed by atoms with Crippen LogP contribution >= 0.6 is 0 Å². The minimum atomic E-state index is -4.41. The first-order chi connectivity index (χ1) is 12.7. The van der Waals surface area contributed by atoms with Crippen LogP contribution in [0.3, 0.4) is 0 Å². The fourth-order valence-corrected chi connectivity index (χ4v) is 2.97. The van der Waals surface area contributed by atoms with Crippen molar-refractivity contribution in [2.75, 3.05) is 6.54 Å². The largest absolute Gasteiger partial charge is 0.432 e. The van der Waals surface area contributed by atoms with E-state index in [4.69, 9.17) is 0 Å². The molecule has 3 unspecified atom stereocenters. The fraction of sp³-hybridized carbons (Fsp3) is 0.500. The zero-order valence-electron chi connectivity index (χ0n) is 15.4. The molecule has 0 fully saturated rings. The highest BCUT2D eigenvalue weighted by Crippen LogP contribution is 2.31. The lowest BCUT2D eigenvalue weighted by atomic mass is 9.92. The molecule has 1 N–H and O–H groups in total. The van der Waals surface area contributed by atoms with Crippen LogP contribution in [0, 0.1) is 24.6 Å². The van der Waals surface area contributed by atoms with Gasteiger partial charge in [-0.05, 0) is 49.3 Å². The smallest absolute Gasteiger partial charge is 0.309 e. The maximum atomic E-state index is 13.6. The van der Waals surface area contributed by atoms with E-state index in [1.54, 1.807) is 26.0 Å². The van der Waals surface area contributed by atoms with Crippen molar-refractivity contribution in [3.05, 3.63) is 46.9 Å². The molecule has 2 rings (SSSR count). The maximum Gasteiger partial charge on any atom is 0.432 e. The second kappa shape index (κ2) is 9.26. The van der Waals surface area contributed by atoms with E-state index in [-0.39, 0.29) is 30.1 Å². The molecule has 0 saturated heterocycles. The number of rotatable bonds is 8. The van der Waals surface area contributed by atoms with E-state index in [9.17, 15) is 22.4 Å². The second-order valence-electron chi connectivity index (χ2n) is 7.02. The minimum absolute atomic E-state index is 0.0783. The van der Waals surface area contributed by atoms with Crippen molar-refractivity contribution in [3.63, 3.8) is 0 Å². The monoisotopic (exact) mass is 384 g/mol. The Balaban J connectivity index is 2.02. The van der Waals surface area contributed by atoms with Gasteiger partial charge in [0.25, 0.3) is 0 Å². The van der Waals surface area contributed by atoms with Gasteiger partial charge in [-0.15, -0.1) is 0 Å². The Kier molecular flexibility index (Phi) is 7.30. The molecule has 0 saturated carbocycles. The SMILES string of the molecule is Cc1cc(C(CCC2C=NC(C(F)(F)F)=CC2)NCC(C)C=O)ccc1F. The summed E-state index contributed by atoms with van der Waals surface area (Å²) in [6, 6.07) is 4.74. The lowest BCUT2D eigenvalue weighted by Crippen LogP contribution is -2.28. The fourth-order valence-electron chi connectivity index (χ4n) is 2.97. The van der Waals surface area contributed by atoms with E-state index in [0.717, 1.165) is 17.9 Å². The molecule has 3 atom stereocenters. The van der Waals surface area contributed by atoms with E-state index in [1.165, 1.54) is 12.3 Å². The summed E-state index contributed by atoms with van der Waals surface area (Å²) in [5.41, 5.74) is 0.577. The number of hydrogen-bond donors (Lipinski definition) is 1. The predicted octanol–water partition coefficient (Wildman–Crippen LogP) is 4.92. The molecule has 0 spiro atoms. The van der Waals surface area contributed by atoms with E-state index < -0.39 is 11.9 Å². The number of hydrogen-bond acceptors (Lipinski definition) is 3. The average Bonchev–Trinajstić information content (AvgIpc) is 2.63. The third-order valence-corrected chi connectivity index (χ3v) is 4.66. The molecule has 1 aromatic rings. The summed E-state index contributed by atoms with van der Waals surface area (Å²) >= 11 is 0. The van der Waals surface area contributed by atoms with Gasteiger partial charge in [0.05, 0.1) is 0 Å². The number of allylic oxidation sites excluding steroid dienone is 2. The van der Waals surface area contributed by atoms with Gasteiger partial charge in [0.2, 0.25) is 0 Å². The van der Waals surface area contributed by atoms with Crippen molar-refractivity contribution in [2.24, 2.45) is 16.8 Å². The van der Waals surface area contributed by atoms with Crippen LogP contribution in [0.4, 0.5) is 17.6 Å². The zero-order valence-corrected chi connectivity index (χ0v) is 15.4. The zero-order chi connectivity index (χ0) is 20.0. The second-order valence-corrected chi connectivity index (χ2v) is 7.02. The Morgan fingerprint density at radius 3 is 2.67 bits per heavy atom. The highest BCUT2D eigenvalue weighted by Gasteiger charge is 2.34. The maximum absolute atomic E-state index is 13.6. The van der Waals surface area contributed by atoms with Crippen LogP contribution in [0.5, 0.6) is 0 Å². The van der Waals surface area contributed by atoms with E-state index >= 15 is 0 Å². The standard InChI is InChI=1S/C20H24F4N2O/c1-13(12-27)10-25-18(16-5-6-17(21)14(2)9-16)7-3-15-4-8-19(26-11-15)20(22,23)24/h5-6,8-9,11-13,15,18,25H,3-4,7,10H2,1-2H3.